The van der Waals surface area contributed by atoms with Gasteiger partial charge in [0.2, 0.25) is 5.91 Å². The molecule has 1 heterocycles. The SMILES string of the molecule is COc1ccc(NC(=O)N[C@H]2CCN(c3ccc(F)c(C)c3)C2=O)c(OC)c1. The number of amides is 3. The van der Waals surface area contributed by atoms with E-state index in [9.17, 15) is 14.0 Å². The number of rotatable bonds is 5. The van der Waals surface area contributed by atoms with Crippen LogP contribution >= 0.6 is 0 Å². The number of carbonyl (C=O) groups is 2. The lowest BCUT2D eigenvalue weighted by molar-refractivity contribution is -0.118. The van der Waals surface area contributed by atoms with Crippen molar-refractivity contribution in [2.45, 2.75) is 19.4 Å². The molecule has 0 saturated carbocycles. The summed E-state index contributed by atoms with van der Waals surface area (Å²) in [6, 6.07) is 8.34. The van der Waals surface area contributed by atoms with Crippen molar-refractivity contribution in [2.24, 2.45) is 0 Å². The first kappa shape index (κ1) is 19.5. The Bertz CT molecular complexity index is 903. The molecule has 1 atom stereocenters. The Labute approximate surface area is 162 Å². The van der Waals surface area contributed by atoms with Crippen LogP contribution in [0.15, 0.2) is 36.4 Å². The highest BCUT2D eigenvalue weighted by Gasteiger charge is 2.33. The third-order valence-corrected chi connectivity index (χ3v) is 4.62. The number of hydrogen-bond acceptors (Lipinski definition) is 4. The second-order valence-corrected chi connectivity index (χ2v) is 6.43. The van der Waals surface area contributed by atoms with Gasteiger partial charge in [0.1, 0.15) is 23.4 Å². The fourth-order valence-electron chi connectivity index (χ4n) is 3.09. The van der Waals surface area contributed by atoms with E-state index in [0.717, 1.165) is 0 Å². The Morgan fingerprint density at radius 1 is 1.18 bits per heavy atom. The summed E-state index contributed by atoms with van der Waals surface area (Å²) < 4.78 is 23.8. The second-order valence-electron chi connectivity index (χ2n) is 6.43. The van der Waals surface area contributed by atoms with Gasteiger partial charge in [-0.25, -0.2) is 9.18 Å². The van der Waals surface area contributed by atoms with E-state index in [4.69, 9.17) is 9.47 Å². The molecule has 1 saturated heterocycles. The van der Waals surface area contributed by atoms with Crippen LogP contribution < -0.4 is 25.0 Å². The monoisotopic (exact) mass is 387 g/mol. The van der Waals surface area contributed by atoms with Gasteiger partial charge in [-0.05, 0) is 49.2 Å². The number of carbonyl (C=O) groups excluding carboxylic acids is 2. The van der Waals surface area contributed by atoms with Crippen molar-refractivity contribution in [1.29, 1.82) is 0 Å². The van der Waals surface area contributed by atoms with E-state index in [-0.39, 0.29) is 11.7 Å². The lowest BCUT2D eigenvalue weighted by Gasteiger charge is -2.18. The van der Waals surface area contributed by atoms with Crippen LogP contribution in [0, 0.1) is 12.7 Å². The third kappa shape index (κ3) is 4.00. The number of ether oxygens (including phenoxy) is 2. The Morgan fingerprint density at radius 2 is 1.96 bits per heavy atom. The van der Waals surface area contributed by atoms with E-state index in [1.165, 1.54) is 20.3 Å². The largest absolute Gasteiger partial charge is 0.497 e. The number of anilines is 2. The molecule has 1 fully saturated rings. The van der Waals surface area contributed by atoms with Gasteiger partial charge in [-0.3, -0.25) is 4.79 Å². The van der Waals surface area contributed by atoms with Gasteiger partial charge in [0.05, 0.1) is 19.9 Å². The maximum Gasteiger partial charge on any atom is 0.319 e. The third-order valence-electron chi connectivity index (χ3n) is 4.62. The molecule has 1 aliphatic heterocycles. The summed E-state index contributed by atoms with van der Waals surface area (Å²) in [7, 11) is 3.02. The molecular weight excluding hydrogens is 365 g/mol. The lowest BCUT2D eigenvalue weighted by atomic mass is 10.2. The molecule has 148 valence electrons. The maximum absolute atomic E-state index is 13.5. The summed E-state index contributed by atoms with van der Waals surface area (Å²) in [5.41, 5.74) is 1.54. The summed E-state index contributed by atoms with van der Waals surface area (Å²) >= 11 is 0. The molecule has 2 N–H and O–H groups in total. The molecule has 0 radical (unpaired) electrons. The van der Waals surface area contributed by atoms with Crippen molar-refractivity contribution in [1.82, 2.24) is 5.32 Å². The van der Waals surface area contributed by atoms with Crippen molar-refractivity contribution < 1.29 is 23.5 Å². The summed E-state index contributed by atoms with van der Waals surface area (Å²) in [4.78, 5) is 26.5. The zero-order valence-corrected chi connectivity index (χ0v) is 15.9. The molecule has 2 aromatic carbocycles. The molecule has 0 bridgehead atoms. The van der Waals surface area contributed by atoms with Crippen LogP contribution in [0.5, 0.6) is 11.5 Å². The average Bonchev–Trinajstić information content (AvgIpc) is 3.04. The Morgan fingerprint density at radius 3 is 2.64 bits per heavy atom. The minimum Gasteiger partial charge on any atom is -0.497 e. The van der Waals surface area contributed by atoms with Crippen LogP contribution in [-0.4, -0.2) is 38.7 Å². The quantitative estimate of drug-likeness (QED) is 0.826. The van der Waals surface area contributed by atoms with E-state index in [1.807, 2.05) is 0 Å². The van der Waals surface area contributed by atoms with Crippen molar-refractivity contribution >= 4 is 23.3 Å². The molecule has 0 aliphatic carbocycles. The van der Waals surface area contributed by atoms with Gasteiger partial charge in [0, 0.05) is 18.3 Å². The van der Waals surface area contributed by atoms with Crippen molar-refractivity contribution in [3.05, 3.63) is 47.8 Å². The Kier molecular flexibility index (Phi) is 5.67. The van der Waals surface area contributed by atoms with E-state index < -0.39 is 12.1 Å². The molecule has 3 amide bonds. The van der Waals surface area contributed by atoms with E-state index >= 15 is 0 Å². The predicted octanol–water partition coefficient (Wildman–Crippen LogP) is 3.08. The van der Waals surface area contributed by atoms with E-state index in [0.29, 0.717) is 41.4 Å². The van der Waals surface area contributed by atoms with Crippen molar-refractivity contribution in [2.75, 3.05) is 31.0 Å². The topological polar surface area (TPSA) is 79.9 Å². The van der Waals surface area contributed by atoms with Gasteiger partial charge in [-0.15, -0.1) is 0 Å². The summed E-state index contributed by atoms with van der Waals surface area (Å²) in [6.07, 6.45) is 0.461. The molecule has 7 nitrogen and oxygen atoms in total. The molecule has 28 heavy (non-hydrogen) atoms. The minimum atomic E-state index is -0.658. The lowest BCUT2D eigenvalue weighted by Crippen LogP contribution is -2.43. The first-order chi connectivity index (χ1) is 13.4. The average molecular weight is 387 g/mol. The van der Waals surface area contributed by atoms with Crippen LogP contribution in [0.4, 0.5) is 20.6 Å². The minimum absolute atomic E-state index is 0.233. The zero-order chi connectivity index (χ0) is 20.3. The fraction of sp³-hybridized carbons (Fsp3) is 0.300. The van der Waals surface area contributed by atoms with Crippen LogP contribution in [0.2, 0.25) is 0 Å². The summed E-state index contributed by atoms with van der Waals surface area (Å²) in [6.45, 7) is 2.09. The number of methoxy groups -OCH3 is 2. The Balaban J connectivity index is 1.65. The van der Waals surface area contributed by atoms with Gasteiger partial charge in [-0.1, -0.05) is 0 Å². The van der Waals surface area contributed by atoms with Crippen molar-refractivity contribution in [3.63, 3.8) is 0 Å². The molecular formula is C20H22FN3O4. The normalized spacial score (nSPS) is 16.1. The van der Waals surface area contributed by atoms with Gasteiger partial charge in [0.15, 0.2) is 0 Å². The molecule has 8 heteroatoms. The van der Waals surface area contributed by atoms with Crippen LogP contribution in [-0.2, 0) is 4.79 Å². The van der Waals surface area contributed by atoms with Crippen LogP contribution in [0.3, 0.4) is 0 Å². The van der Waals surface area contributed by atoms with Crippen LogP contribution in [0.25, 0.3) is 0 Å². The number of aryl methyl sites for hydroxylation is 1. The Hall–Kier alpha value is -3.29. The summed E-state index contributed by atoms with van der Waals surface area (Å²) in [5.74, 6) is 0.482. The zero-order valence-electron chi connectivity index (χ0n) is 15.9. The maximum atomic E-state index is 13.5. The molecule has 0 aromatic heterocycles. The highest BCUT2D eigenvalue weighted by Crippen LogP contribution is 2.29. The molecule has 1 aliphatic rings. The number of benzene rings is 2. The predicted molar refractivity (Wildman–Crippen MR) is 104 cm³/mol. The van der Waals surface area contributed by atoms with Gasteiger partial charge in [-0.2, -0.15) is 0 Å². The molecule has 3 rings (SSSR count). The first-order valence-electron chi connectivity index (χ1n) is 8.80. The van der Waals surface area contributed by atoms with Crippen LogP contribution in [0.1, 0.15) is 12.0 Å². The number of halogens is 1. The van der Waals surface area contributed by atoms with E-state index in [1.54, 1.807) is 42.2 Å². The van der Waals surface area contributed by atoms with Crippen molar-refractivity contribution in [3.8, 4) is 11.5 Å². The van der Waals surface area contributed by atoms with Gasteiger partial charge >= 0.3 is 6.03 Å². The molecule has 0 unspecified atom stereocenters. The molecule has 0 spiro atoms. The number of nitrogens with one attached hydrogen (secondary N) is 2. The fourth-order valence-corrected chi connectivity index (χ4v) is 3.09. The number of hydrogen-bond donors (Lipinski definition) is 2. The standard InChI is InChI=1S/C20H22FN3O4/c1-12-10-13(4-6-15(12)21)24-9-8-17(19(24)25)23-20(26)22-16-7-5-14(27-2)11-18(16)28-3/h4-7,10-11,17H,8-9H2,1-3H3,(H2,22,23,26)/t17-/m0/s1. The number of nitrogens with zero attached hydrogens (tertiary/aromatic N) is 1. The highest BCUT2D eigenvalue weighted by molar-refractivity contribution is 6.02. The van der Waals surface area contributed by atoms with E-state index in [2.05, 4.69) is 10.6 Å². The van der Waals surface area contributed by atoms with Gasteiger partial charge < -0.3 is 25.0 Å². The number of urea groups is 1. The molecule has 2 aromatic rings. The second kappa shape index (κ2) is 8.16. The first-order valence-corrected chi connectivity index (χ1v) is 8.80. The smallest absolute Gasteiger partial charge is 0.319 e. The highest BCUT2D eigenvalue weighted by atomic mass is 19.1. The van der Waals surface area contributed by atoms with Gasteiger partial charge in [0.25, 0.3) is 0 Å². The summed E-state index contributed by atoms with van der Waals surface area (Å²) in [5, 5.41) is 5.36.